The molecule has 2 heterocycles. The van der Waals surface area contributed by atoms with Crippen molar-refractivity contribution in [3.05, 3.63) is 52.5 Å². The smallest absolute Gasteiger partial charge is 0.0907 e. The Morgan fingerprint density at radius 2 is 1.90 bits per heavy atom. The zero-order chi connectivity index (χ0) is 13.9. The molecule has 102 valence electrons. The molecule has 0 radical (unpaired) electrons. The zero-order valence-corrected chi connectivity index (χ0v) is 12.4. The van der Waals surface area contributed by atoms with Crippen molar-refractivity contribution in [2.75, 3.05) is 5.32 Å². The highest BCUT2D eigenvalue weighted by Gasteiger charge is 2.08. The van der Waals surface area contributed by atoms with Crippen molar-refractivity contribution in [2.45, 2.75) is 26.3 Å². The van der Waals surface area contributed by atoms with Crippen LogP contribution in [0.1, 0.15) is 29.6 Å². The predicted molar refractivity (Wildman–Crippen MR) is 85.3 cm³/mol. The summed E-state index contributed by atoms with van der Waals surface area (Å²) in [4.78, 5) is 11.4. The van der Waals surface area contributed by atoms with E-state index in [-0.39, 0.29) is 0 Å². The summed E-state index contributed by atoms with van der Waals surface area (Å²) < 4.78 is 0. The van der Waals surface area contributed by atoms with Crippen LogP contribution >= 0.6 is 11.3 Å². The number of thiophene rings is 1. The van der Waals surface area contributed by atoms with Crippen LogP contribution in [0.3, 0.4) is 0 Å². The Balaban J connectivity index is 1.81. The molecule has 0 saturated heterocycles. The van der Waals surface area contributed by atoms with Gasteiger partial charge < -0.3 is 5.32 Å². The van der Waals surface area contributed by atoms with E-state index in [2.05, 4.69) is 47.3 Å². The molecule has 2 aromatic heterocycles. The highest BCUT2D eigenvalue weighted by molar-refractivity contribution is 7.12. The van der Waals surface area contributed by atoms with Gasteiger partial charge in [0, 0.05) is 27.8 Å². The summed E-state index contributed by atoms with van der Waals surface area (Å²) in [6.07, 6.45) is 4.54. The first-order chi connectivity index (χ1) is 9.76. The van der Waals surface area contributed by atoms with Gasteiger partial charge in [-0.05, 0) is 43.7 Å². The molecule has 0 saturated carbocycles. The van der Waals surface area contributed by atoms with E-state index in [0.29, 0.717) is 6.04 Å². The van der Waals surface area contributed by atoms with Crippen LogP contribution in [-0.4, -0.2) is 9.97 Å². The summed E-state index contributed by atoms with van der Waals surface area (Å²) >= 11 is 1.87. The Kier molecular flexibility index (Phi) is 3.65. The van der Waals surface area contributed by atoms with E-state index < -0.39 is 0 Å². The molecule has 1 N–H and O–H groups in total. The number of nitrogens with one attached hydrogen (secondary N) is 1. The highest BCUT2D eigenvalue weighted by atomic mass is 32.1. The molecule has 1 aromatic carbocycles. The highest BCUT2D eigenvalue weighted by Crippen LogP contribution is 2.27. The van der Waals surface area contributed by atoms with Gasteiger partial charge in [0.1, 0.15) is 0 Å². The summed E-state index contributed by atoms with van der Waals surface area (Å²) in [6, 6.07) is 10.8. The van der Waals surface area contributed by atoms with Crippen LogP contribution in [0, 0.1) is 0 Å². The van der Waals surface area contributed by atoms with Crippen LogP contribution in [0.15, 0.2) is 42.7 Å². The Hall–Kier alpha value is -1.94. The second kappa shape index (κ2) is 5.59. The first-order valence-electron chi connectivity index (χ1n) is 6.82. The van der Waals surface area contributed by atoms with Crippen LogP contribution in [0.4, 0.5) is 5.69 Å². The van der Waals surface area contributed by atoms with Gasteiger partial charge in [-0.2, -0.15) is 0 Å². The SMILES string of the molecule is CCc1ccc(C(C)Nc2ccc3nccnc3c2)s1. The lowest BCUT2D eigenvalue weighted by atomic mass is 10.2. The van der Waals surface area contributed by atoms with Gasteiger partial charge in [0.05, 0.1) is 17.1 Å². The molecule has 1 atom stereocenters. The Labute approximate surface area is 122 Å². The average molecular weight is 283 g/mol. The number of nitrogens with zero attached hydrogens (tertiary/aromatic N) is 2. The van der Waals surface area contributed by atoms with Crippen molar-refractivity contribution >= 4 is 28.1 Å². The van der Waals surface area contributed by atoms with Crippen molar-refractivity contribution in [1.82, 2.24) is 9.97 Å². The topological polar surface area (TPSA) is 37.8 Å². The van der Waals surface area contributed by atoms with E-state index in [0.717, 1.165) is 23.1 Å². The Bertz CT molecular complexity index is 720. The van der Waals surface area contributed by atoms with Gasteiger partial charge in [-0.1, -0.05) is 6.92 Å². The number of anilines is 1. The van der Waals surface area contributed by atoms with Gasteiger partial charge >= 0.3 is 0 Å². The predicted octanol–water partition coefficient (Wildman–Crippen LogP) is 4.43. The van der Waals surface area contributed by atoms with Crippen molar-refractivity contribution in [1.29, 1.82) is 0 Å². The Morgan fingerprint density at radius 3 is 2.65 bits per heavy atom. The number of aryl methyl sites for hydroxylation is 1. The first-order valence-corrected chi connectivity index (χ1v) is 7.64. The van der Waals surface area contributed by atoms with Gasteiger partial charge in [0.25, 0.3) is 0 Å². The summed E-state index contributed by atoms with van der Waals surface area (Å²) in [6.45, 7) is 4.38. The lowest BCUT2D eigenvalue weighted by Crippen LogP contribution is -2.04. The lowest BCUT2D eigenvalue weighted by Gasteiger charge is -2.14. The fourth-order valence-corrected chi connectivity index (χ4v) is 3.15. The maximum atomic E-state index is 4.34. The molecule has 0 aliphatic heterocycles. The number of hydrogen-bond donors (Lipinski definition) is 1. The molecule has 0 fully saturated rings. The van der Waals surface area contributed by atoms with E-state index in [9.17, 15) is 0 Å². The van der Waals surface area contributed by atoms with Crippen molar-refractivity contribution in [3.8, 4) is 0 Å². The molecule has 3 rings (SSSR count). The van der Waals surface area contributed by atoms with Crippen molar-refractivity contribution in [2.24, 2.45) is 0 Å². The van der Waals surface area contributed by atoms with Gasteiger partial charge in [-0.3, -0.25) is 9.97 Å². The third-order valence-electron chi connectivity index (χ3n) is 3.31. The van der Waals surface area contributed by atoms with E-state index >= 15 is 0 Å². The number of benzene rings is 1. The average Bonchev–Trinajstić information content (AvgIpc) is 2.96. The third-order valence-corrected chi connectivity index (χ3v) is 4.72. The molecular weight excluding hydrogens is 266 g/mol. The number of hydrogen-bond acceptors (Lipinski definition) is 4. The van der Waals surface area contributed by atoms with Gasteiger partial charge in [0.15, 0.2) is 0 Å². The van der Waals surface area contributed by atoms with Crippen molar-refractivity contribution < 1.29 is 0 Å². The molecule has 0 bridgehead atoms. The molecule has 3 aromatic rings. The van der Waals surface area contributed by atoms with Crippen LogP contribution in [0.5, 0.6) is 0 Å². The molecule has 4 heteroatoms. The normalized spacial score (nSPS) is 12.5. The monoisotopic (exact) mass is 283 g/mol. The van der Waals surface area contributed by atoms with E-state index in [4.69, 9.17) is 0 Å². The molecule has 3 nitrogen and oxygen atoms in total. The van der Waals surface area contributed by atoms with E-state index in [1.165, 1.54) is 9.75 Å². The second-order valence-electron chi connectivity index (χ2n) is 4.78. The van der Waals surface area contributed by atoms with Crippen LogP contribution < -0.4 is 5.32 Å². The minimum atomic E-state index is 0.300. The van der Waals surface area contributed by atoms with Gasteiger partial charge in [-0.25, -0.2) is 0 Å². The Morgan fingerprint density at radius 1 is 1.10 bits per heavy atom. The van der Waals surface area contributed by atoms with Crippen LogP contribution in [-0.2, 0) is 6.42 Å². The standard InChI is InChI=1S/C16H17N3S/c1-3-13-5-7-16(20-13)11(2)19-12-4-6-14-15(10-12)18-9-8-17-14/h4-11,19H,3H2,1-2H3. The van der Waals surface area contributed by atoms with E-state index in [1.807, 2.05) is 23.5 Å². The molecule has 0 aliphatic rings. The number of fused-ring (bicyclic) bond motifs is 1. The summed E-state index contributed by atoms with van der Waals surface area (Å²) in [7, 11) is 0. The summed E-state index contributed by atoms with van der Waals surface area (Å²) in [5.74, 6) is 0. The zero-order valence-electron chi connectivity index (χ0n) is 11.6. The van der Waals surface area contributed by atoms with Crippen molar-refractivity contribution in [3.63, 3.8) is 0 Å². The summed E-state index contributed by atoms with van der Waals surface area (Å²) in [5.41, 5.74) is 2.93. The molecular formula is C16H17N3S. The molecule has 0 aliphatic carbocycles. The minimum Gasteiger partial charge on any atom is -0.378 e. The van der Waals surface area contributed by atoms with Crippen LogP contribution in [0.25, 0.3) is 11.0 Å². The molecule has 1 unspecified atom stereocenters. The number of aromatic nitrogens is 2. The maximum Gasteiger partial charge on any atom is 0.0907 e. The largest absolute Gasteiger partial charge is 0.378 e. The first kappa shape index (κ1) is 13.1. The quantitative estimate of drug-likeness (QED) is 0.770. The molecule has 0 amide bonds. The fourth-order valence-electron chi connectivity index (χ4n) is 2.19. The lowest BCUT2D eigenvalue weighted by molar-refractivity contribution is 0.908. The summed E-state index contributed by atoms with van der Waals surface area (Å²) in [5, 5.41) is 3.53. The maximum absolute atomic E-state index is 4.34. The second-order valence-corrected chi connectivity index (χ2v) is 5.98. The number of rotatable bonds is 4. The molecule has 0 spiro atoms. The van der Waals surface area contributed by atoms with Gasteiger partial charge in [0.2, 0.25) is 0 Å². The third kappa shape index (κ3) is 2.65. The molecule has 20 heavy (non-hydrogen) atoms. The minimum absolute atomic E-state index is 0.300. The van der Waals surface area contributed by atoms with E-state index in [1.54, 1.807) is 12.4 Å². The van der Waals surface area contributed by atoms with Gasteiger partial charge in [-0.15, -0.1) is 11.3 Å². The van der Waals surface area contributed by atoms with Crippen LogP contribution in [0.2, 0.25) is 0 Å². The fraction of sp³-hybridized carbons (Fsp3) is 0.250.